The Balaban J connectivity index is 1.42. The van der Waals surface area contributed by atoms with Gasteiger partial charge in [-0.15, -0.1) is 0 Å². The average Bonchev–Trinajstić information content (AvgIpc) is 2.67. The van der Waals surface area contributed by atoms with Crippen molar-refractivity contribution in [2.75, 3.05) is 31.1 Å². The van der Waals surface area contributed by atoms with E-state index < -0.39 is 17.2 Å². The second-order valence-corrected chi connectivity index (χ2v) is 7.48. The largest absolute Gasteiger partial charge is 0.417 e. The third kappa shape index (κ3) is 3.34. The van der Waals surface area contributed by atoms with Crippen molar-refractivity contribution in [2.45, 2.75) is 30.9 Å². The molecule has 1 saturated carbocycles. The van der Waals surface area contributed by atoms with Crippen LogP contribution in [0.1, 0.15) is 30.4 Å². The van der Waals surface area contributed by atoms with Crippen LogP contribution in [0, 0.1) is 0 Å². The lowest BCUT2D eigenvalue weighted by Gasteiger charge is -2.46. The van der Waals surface area contributed by atoms with Gasteiger partial charge in [-0.05, 0) is 30.5 Å². The summed E-state index contributed by atoms with van der Waals surface area (Å²) in [5.41, 5.74) is -0.0753. The Morgan fingerprint density at radius 1 is 0.964 bits per heavy atom. The van der Waals surface area contributed by atoms with Gasteiger partial charge in [-0.2, -0.15) is 13.2 Å². The van der Waals surface area contributed by atoms with Crippen LogP contribution in [0.25, 0.3) is 0 Å². The zero-order valence-electron chi connectivity index (χ0n) is 15.5. The van der Waals surface area contributed by atoms with Crippen LogP contribution in [-0.4, -0.2) is 42.0 Å². The molecule has 0 unspecified atom stereocenters. The number of rotatable bonds is 3. The van der Waals surface area contributed by atoms with Crippen molar-refractivity contribution < 1.29 is 18.0 Å². The van der Waals surface area contributed by atoms with Gasteiger partial charge in [0.2, 0.25) is 5.91 Å². The zero-order valence-corrected chi connectivity index (χ0v) is 15.5. The summed E-state index contributed by atoms with van der Waals surface area (Å²) in [7, 11) is 0. The van der Waals surface area contributed by atoms with Crippen LogP contribution in [-0.2, 0) is 16.4 Å². The summed E-state index contributed by atoms with van der Waals surface area (Å²) >= 11 is 0. The predicted molar refractivity (Wildman–Crippen MR) is 100 cm³/mol. The average molecular weight is 389 g/mol. The lowest BCUT2D eigenvalue weighted by atomic mass is 9.63. The van der Waals surface area contributed by atoms with Gasteiger partial charge in [-0.1, -0.05) is 36.8 Å². The van der Waals surface area contributed by atoms with Gasteiger partial charge in [0.15, 0.2) is 0 Å². The molecule has 0 atom stereocenters. The number of anilines is 1. The molecule has 0 radical (unpaired) electrons. The molecular weight excluding hydrogens is 367 g/mol. The minimum absolute atomic E-state index is 0.171. The van der Waals surface area contributed by atoms with E-state index >= 15 is 0 Å². The van der Waals surface area contributed by atoms with Crippen molar-refractivity contribution in [3.63, 3.8) is 0 Å². The lowest BCUT2D eigenvalue weighted by Crippen LogP contribution is -2.56. The number of nitrogens with zero attached hydrogens (tertiary/aromatic N) is 3. The fraction of sp³-hybridized carbons (Fsp3) is 0.429. The number of halogens is 3. The maximum Gasteiger partial charge on any atom is 0.417 e. The summed E-state index contributed by atoms with van der Waals surface area (Å²) in [5, 5.41) is 0. The second-order valence-electron chi connectivity index (χ2n) is 7.48. The van der Waals surface area contributed by atoms with Gasteiger partial charge in [0, 0.05) is 32.4 Å². The summed E-state index contributed by atoms with van der Waals surface area (Å²) < 4.78 is 38.1. The van der Waals surface area contributed by atoms with E-state index in [2.05, 4.69) is 4.98 Å². The number of hydrogen-bond donors (Lipinski definition) is 0. The standard InChI is InChI=1S/C21H22F3N3O/c22-21(23,24)17-7-8-18(25-15-17)26-11-13-27(14-12-26)19(28)20(9-4-10-20)16-5-2-1-3-6-16/h1-3,5-8,15H,4,9-14H2. The fourth-order valence-corrected chi connectivity index (χ4v) is 4.10. The number of carbonyl (C=O) groups is 1. The van der Waals surface area contributed by atoms with Gasteiger partial charge in [0.1, 0.15) is 5.82 Å². The number of benzene rings is 1. The summed E-state index contributed by atoms with van der Waals surface area (Å²) in [4.78, 5) is 21.1. The summed E-state index contributed by atoms with van der Waals surface area (Å²) in [5.74, 6) is 0.687. The molecule has 28 heavy (non-hydrogen) atoms. The van der Waals surface area contributed by atoms with Crippen LogP contribution in [0.3, 0.4) is 0 Å². The van der Waals surface area contributed by atoms with Crippen molar-refractivity contribution >= 4 is 11.7 Å². The number of pyridine rings is 1. The highest BCUT2D eigenvalue weighted by molar-refractivity contribution is 5.89. The monoisotopic (exact) mass is 389 g/mol. The van der Waals surface area contributed by atoms with E-state index in [1.807, 2.05) is 40.1 Å². The highest BCUT2D eigenvalue weighted by Gasteiger charge is 2.47. The number of piperazine rings is 1. The quantitative estimate of drug-likeness (QED) is 0.800. The minimum atomic E-state index is -4.38. The Hall–Kier alpha value is -2.57. The van der Waals surface area contributed by atoms with Gasteiger partial charge in [0.05, 0.1) is 11.0 Å². The van der Waals surface area contributed by atoms with E-state index in [0.29, 0.717) is 32.0 Å². The van der Waals surface area contributed by atoms with Gasteiger partial charge in [0.25, 0.3) is 0 Å². The van der Waals surface area contributed by atoms with Crippen molar-refractivity contribution in [3.8, 4) is 0 Å². The van der Waals surface area contributed by atoms with Crippen molar-refractivity contribution in [2.24, 2.45) is 0 Å². The molecule has 2 aromatic rings. The first-order valence-corrected chi connectivity index (χ1v) is 9.53. The molecule has 4 nitrogen and oxygen atoms in total. The van der Waals surface area contributed by atoms with E-state index in [9.17, 15) is 18.0 Å². The third-order valence-electron chi connectivity index (χ3n) is 5.91. The molecule has 1 aromatic heterocycles. The highest BCUT2D eigenvalue weighted by atomic mass is 19.4. The Morgan fingerprint density at radius 3 is 2.14 bits per heavy atom. The molecule has 2 fully saturated rings. The molecule has 1 aromatic carbocycles. The van der Waals surface area contributed by atoms with Crippen LogP contribution in [0.5, 0.6) is 0 Å². The molecule has 1 aliphatic carbocycles. The Bertz CT molecular complexity index is 824. The van der Waals surface area contributed by atoms with E-state index in [1.165, 1.54) is 6.07 Å². The Morgan fingerprint density at radius 2 is 1.64 bits per heavy atom. The SMILES string of the molecule is O=C(N1CCN(c2ccc(C(F)(F)F)cn2)CC1)C1(c2ccccc2)CCC1. The second kappa shape index (κ2) is 7.11. The third-order valence-corrected chi connectivity index (χ3v) is 5.91. The maximum atomic E-state index is 13.3. The molecule has 148 valence electrons. The van der Waals surface area contributed by atoms with Crippen LogP contribution in [0.4, 0.5) is 19.0 Å². The predicted octanol–water partition coefficient (Wildman–Crippen LogP) is 3.87. The molecule has 2 heterocycles. The Kier molecular flexibility index (Phi) is 4.77. The molecular formula is C21H22F3N3O. The van der Waals surface area contributed by atoms with Gasteiger partial charge in [-0.25, -0.2) is 4.98 Å². The number of amides is 1. The Labute approximate surface area is 162 Å². The molecule has 4 rings (SSSR count). The van der Waals surface area contributed by atoms with E-state index in [-0.39, 0.29) is 5.91 Å². The molecule has 2 aliphatic rings. The van der Waals surface area contributed by atoms with Crippen molar-refractivity contribution in [1.82, 2.24) is 9.88 Å². The molecule has 1 aliphatic heterocycles. The van der Waals surface area contributed by atoms with Crippen LogP contribution in [0.15, 0.2) is 48.7 Å². The normalized spacial score (nSPS) is 19.2. The number of alkyl halides is 3. The molecule has 0 N–H and O–H groups in total. The van der Waals surface area contributed by atoms with Gasteiger partial charge < -0.3 is 9.80 Å². The summed E-state index contributed by atoms with van der Waals surface area (Å²) in [6.07, 6.45) is -0.722. The maximum absolute atomic E-state index is 13.3. The van der Waals surface area contributed by atoms with E-state index in [1.54, 1.807) is 0 Å². The number of hydrogen-bond acceptors (Lipinski definition) is 3. The zero-order chi connectivity index (χ0) is 19.8. The van der Waals surface area contributed by atoms with Crippen molar-refractivity contribution in [3.05, 3.63) is 59.8 Å². The summed E-state index contributed by atoms with van der Waals surface area (Å²) in [6.45, 7) is 2.23. The van der Waals surface area contributed by atoms with Crippen LogP contribution < -0.4 is 4.90 Å². The molecule has 1 saturated heterocycles. The first-order valence-electron chi connectivity index (χ1n) is 9.53. The lowest BCUT2D eigenvalue weighted by molar-refractivity contribution is -0.141. The first-order chi connectivity index (χ1) is 13.4. The van der Waals surface area contributed by atoms with E-state index in [0.717, 1.165) is 37.1 Å². The highest BCUT2D eigenvalue weighted by Crippen LogP contribution is 2.45. The molecule has 7 heteroatoms. The number of aromatic nitrogens is 1. The minimum Gasteiger partial charge on any atom is -0.353 e. The van der Waals surface area contributed by atoms with Gasteiger partial charge >= 0.3 is 6.18 Å². The number of carbonyl (C=O) groups excluding carboxylic acids is 1. The van der Waals surface area contributed by atoms with E-state index in [4.69, 9.17) is 0 Å². The fourth-order valence-electron chi connectivity index (χ4n) is 4.10. The topological polar surface area (TPSA) is 36.4 Å². The summed E-state index contributed by atoms with van der Waals surface area (Å²) in [6, 6.07) is 12.4. The molecule has 0 bridgehead atoms. The van der Waals surface area contributed by atoms with Crippen LogP contribution in [0.2, 0.25) is 0 Å². The first kappa shape index (κ1) is 18.8. The molecule has 1 amide bonds. The van der Waals surface area contributed by atoms with Gasteiger partial charge in [-0.3, -0.25) is 4.79 Å². The molecule has 0 spiro atoms. The van der Waals surface area contributed by atoms with Crippen LogP contribution >= 0.6 is 0 Å². The van der Waals surface area contributed by atoms with Crippen molar-refractivity contribution in [1.29, 1.82) is 0 Å². The smallest absolute Gasteiger partial charge is 0.353 e.